The molecule has 0 spiro atoms. The number of hydrogen-bond donors (Lipinski definition) is 2. The van der Waals surface area contributed by atoms with Crippen LogP contribution >= 0.6 is 11.3 Å². The van der Waals surface area contributed by atoms with Crippen LogP contribution in [0, 0.1) is 6.92 Å². The smallest absolute Gasteiger partial charge is 0.345 e. The zero-order valence-corrected chi connectivity index (χ0v) is 11.1. The normalized spacial score (nSPS) is 13.9. The summed E-state index contributed by atoms with van der Waals surface area (Å²) in [5.74, 6) is -0.407. The molecule has 0 saturated carbocycles. The third-order valence-electron chi connectivity index (χ3n) is 2.94. The number of benzene rings is 1. The Morgan fingerprint density at radius 3 is 2.55 bits per heavy atom. The number of halogens is 3. The highest BCUT2D eigenvalue weighted by atomic mass is 32.1. The molecule has 2 heterocycles. The van der Waals surface area contributed by atoms with Gasteiger partial charge in [-0.25, -0.2) is 0 Å². The molecule has 3 nitrogen and oxygen atoms in total. The van der Waals surface area contributed by atoms with Crippen LogP contribution in [0.15, 0.2) is 24.3 Å². The maximum atomic E-state index is 12.7. The van der Waals surface area contributed by atoms with Crippen LogP contribution in [0.2, 0.25) is 0 Å². The van der Waals surface area contributed by atoms with Gasteiger partial charge < -0.3 is 10.6 Å². The molecule has 0 bridgehead atoms. The second kappa shape index (κ2) is 4.24. The van der Waals surface area contributed by atoms with Crippen molar-refractivity contribution in [1.82, 2.24) is 0 Å². The first-order valence-corrected chi connectivity index (χ1v) is 6.56. The van der Waals surface area contributed by atoms with Crippen molar-refractivity contribution >= 4 is 33.6 Å². The van der Waals surface area contributed by atoms with Gasteiger partial charge in [0.15, 0.2) is 0 Å². The van der Waals surface area contributed by atoms with E-state index in [2.05, 4.69) is 10.6 Å². The summed E-state index contributed by atoms with van der Waals surface area (Å²) in [5, 5.41) is 6.15. The van der Waals surface area contributed by atoms with Crippen molar-refractivity contribution in [3.8, 4) is 0 Å². The molecular weight excluding hydrogens is 289 g/mol. The second-order valence-corrected chi connectivity index (χ2v) is 5.69. The Balaban J connectivity index is 2.08. The second-order valence-electron chi connectivity index (χ2n) is 4.44. The fraction of sp³-hybridized carbons (Fsp3) is 0.154. The predicted molar refractivity (Wildman–Crippen MR) is 71.7 cm³/mol. The molecule has 3 rings (SSSR count). The van der Waals surface area contributed by atoms with E-state index in [9.17, 15) is 18.0 Å². The summed E-state index contributed by atoms with van der Waals surface area (Å²) < 4.78 is 38.0. The van der Waals surface area contributed by atoms with Crippen LogP contribution in [0.3, 0.4) is 0 Å². The van der Waals surface area contributed by atoms with E-state index >= 15 is 0 Å². The largest absolute Gasteiger partial charge is 0.416 e. The summed E-state index contributed by atoms with van der Waals surface area (Å²) in [5.41, 5.74) is 0.231. The van der Waals surface area contributed by atoms with Crippen molar-refractivity contribution in [2.24, 2.45) is 0 Å². The van der Waals surface area contributed by atoms with Crippen LogP contribution in [-0.2, 0) is 6.18 Å². The zero-order valence-electron chi connectivity index (χ0n) is 10.3. The van der Waals surface area contributed by atoms with Gasteiger partial charge in [-0.3, -0.25) is 4.79 Å². The topological polar surface area (TPSA) is 41.1 Å². The van der Waals surface area contributed by atoms with E-state index in [4.69, 9.17) is 0 Å². The summed E-state index contributed by atoms with van der Waals surface area (Å²) in [6.07, 6.45) is -4.44. The van der Waals surface area contributed by atoms with Gasteiger partial charge in [0.2, 0.25) is 0 Å². The number of rotatable bonds is 0. The molecule has 0 saturated heterocycles. The van der Waals surface area contributed by atoms with Gasteiger partial charge in [0.05, 0.1) is 22.5 Å². The number of carbonyl (C=O) groups is 1. The number of hydrogen-bond acceptors (Lipinski definition) is 3. The van der Waals surface area contributed by atoms with Crippen molar-refractivity contribution in [2.45, 2.75) is 13.1 Å². The SMILES string of the molecule is Cc1cc2c(s1)Nc1ccc(C(F)(F)F)cc1NC2=O. The number of amides is 1. The molecule has 0 fully saturated rings. The van der Waals surface area contributed by atoms with Crippen LogP contribution < -0.4 is 10.6 Å². The molecule has 2 aromatic rings. The molecule has 0 unspecified atom stereocenters. The number of fused-ring (bicyclic) bond motifs is 2. The first-order chi connectivity index (χ1) is 9.34. The van der Waals surface area contributed by atoms with E-state index in [1.54, 1.807) is 6.07 Å². The Kier molecular flexibility index (Phi) is 2.75. The Morgan fingerprint density at radius 1 is 1.10 bits per heavy atom. The highest BCUT2D eigenvalue weighted by Crippen LogP contribution is 2.39. The van der Waals surface area contributed by atoms with E-state index in [1.807, 2.05) is 6.92 Å². The standard InChI is InChI=1S/C13H9F3N2OS/c1-6-4-8-11(19)17-10-5-7(13(14,15)16)2-3-9(10)18-12(8)20-6/h2-5,18H,1H3,(H,17,19). The molecular formula is C13H9F3N2OS. The maximum absolute atomic E-state index is 12.7. The van der Waals surface area contributed by atoms with Crippen LogP contribution in [0.5, 0.6) is 0 Å². The third-order valence-corrected chi connectivity index (χ3v) is 3.91. The van der Waals surface area contributed by atoms with Crippen LogP contribution in [-0.4, -0.2) is 5.91 Å². The summed E-state index contributed by atoms with van der Waals surface area (Å²) >= 11 is 1.39. The van der Waals surface area contributed by atoms with E-state index in [1.165, 1.54) is 17.4 Å². The molecule has 1 aromatic heterocycles. The quantitative estimate of drug-likeness (QED) is 0.757. The van der Waals surface area contributed by atoms with Crippen LogP contribution in [0.1, 0.15) is 20.8 Å². The van der Waals surface area contributed by atoms with Crippen molar-refractivity contribution in [1.29, 1.82) is 0 Å². The number of anilines is 3. The number of carbonyl (C=O) groups excluding carboxylic acids is 1. The molecule has 7 heteroatoms. The van der Waals surface area contributed by atoms with Crippen molar-refractivity contribution < 1.29 is 18.0 Å². The van der Waals surface area contributed by atoms with E-state index in [0.717, 1.165) is 17.0 Å². The predicted octanol–water partition coefficient (Wildman–Crippen LogP) is 4.38. The fourth-order valence-electron chi connectivity index (χ4n) is 2.02. The number of aryl methyl sites for hydroxylation is 1. The molecule has 1 amide bonds. The number of thiophene rings is 1. The first kappa shape index (κ1) is 13.0. The highest BCUT2D eigenvalue weighted by molar-refractivity contribution is 7.16. The lowest BCUT2D eigenvalue weighted by atomic mass is 10.1. The average molecular weight is 298 g/mol. The number of nitrogens with one attached hydrogen (secondary N) is 2. The molecule has 2 N–H and O–H groups in total. The fourth-order valence-corrected chi connectivity index (χ4v) is 2.94. The average Bonchev–Trinajstić information content (AvgIpc) is 2.65. The van der Waals surface area contributed by atoms with E-state index in [0.29, 0.717) is 16.3 Å². The molecule has 0 atom stereocenters. The summed E-state index contributed by atoms with van der Waals surface area (Å²) in [6, 6.07) is 4.95. The first-order valence-electron chi connectivity index (χ1n) is 5.74. The van der Waals surface area contributed by atoms with Gasteiger partial charge in [-0.05, 0) is 31.2 Å². The minimum absolute atomic E-state index is 0.130. The lowest BCUT2D eigenvalue weighted by molar-refractivity contribution is -0.137. The van der Waals surface area contributed by atoms with Crippen molar-refractivity contribution in [3.05, 3.63) is 40.3 Å². The van der Waals surface area contributed by atoms with Gasteiger partial charge in [0, 0.05) is 4.88 Å². The monoisotopic (exact) mass is 298 g/mol. The minimum atomic E-state index is -4.44. The Labute approximate surface area is 116 Å². The zero-order chi connectivity index (χ0) is 14.5. The van der Waals surface area contributed by atoms with Crippen molar-refractivity contribution in [3.63, 3.8) is 0 Å². The third kappa shape index (κ3) is 2.14. The Morgan fingerprint density at radius 2 is 1.85 bits per heavy atom. The molecule has 20 heavy (non-hydrogen) atoms. The van der Waals surface area contributed by atoms with Gasteiger partial charge in [-0.1, -0.05) is 0 Å². The Hall–Kier alpha value is -2.02. The molecule has 1 aliphatic heterocycles. The van der Waals surface area contributed by atoms with E-state index < -0.39 is 17.6 Å². The van der Waals surface area contributed by atoms with Crippen LogP contribution in [0.4, 0.5) is 29.5 Å². The summed E-state index contributed by atoms with van der Waals surface area (Å²) in [6.45, 7) is 1.86. The lowest BCUT2D eigenvalue weighted by Crippen LogP contribution is -2.11. The summed E-state index contributed by atoms with van der Waals surface area (Å²) in [7, 11) is 0. The molecule has 1 aromatic carbocycles. The highest BCUT2D eigenvalue weighted by Gasteiger charge is 2.32. The van der Waals surface area contributed by atoms with Gasteiger partial charge in [0.25, 0.3) is 5.91 Å². The van der Waals surface area contributed by atoms with E-state index in [-0.39, 0.29) is 5.69 Å². The van der Waals surface area contributed by atoms with Gasteiger partial charge in [0.1, 0.15) is 5.00 Å². The van der Waals surface area contributed by atoms with Gasteiger partial charge >= 0.3 is 6.18 Å². The van der Waals surface area contributed by atoms with Gasteiger partial charge in [-0.15, -0.1) is 11.3 Å². The Bertz CT molecular complexity index is 706. The molecule has 0 aliphatic carbocycles. The molecule has 0 radical (unpaired) electrons. The molecule has 1 aliphatic rings. The number of alkyl halides is 3. The maximum Gasteiger partial charge on any atom is 0.416 e. The summed E-state index contributed by atoms with van der Waals surface area (Å²) in [4.78, 5) is 13.0. The minimum Gasteiger partial charge on any atom is -0.345 e. The van der Waals surface area contributed by atoms with Crippen LogP contribution in [0.25, 0.3) is 0 Å². The van der Waals surface area contributed by atoms with Gasteiger partial charge in [-0.2, -0.15) is 13.2 Å². The molecule has 104 valence electrons. The van der Waals surface area contributed by atoms with Crippen molar-refractivity contribution in [2.75, 3.05) is 10.6 Å². The lowest BCUT2D eigenvalue weighted by Gasteiger charge is -2.12.